The number of rotatable bonds is 4. The summed E-state index contributed by atoms with van der Waals surface area (Å²) in [7, 11) is 0. The number of hydrogen-bond donors (Lipinski definition) is 1. The standard InChI is InChI=1S/C12H22N4/c1-10-4-3-5-12(6-10)15-11(2)7-16-9-13-8-14-16/h8-12,15H,3-7H2,1-2H3. The molecule has 0 bridgehead atoms. The van der Waals surface area contributed by atoms with Crippen molar-refractivity contribution in [2.75, 3.05) is 0 Å². The van der Waals surface area contributed by atoms with Crippen molar-refractivity contribution >= 4 is 0 Å². The largest absolute Gasteiger partial charge is 0.310 e. The summed E-state index contributed by atoms with van der Waals surface area (Å²) in [5.41, 5.74) is 0. The van der Waals surface area contributed by atoms with Crippen LogP contribution in [0.15, 0.2) is 12.7 Å². The molecule has 1 aliphatic carbocycles. The third-order valence-electron chi connectivity index (χ3n) is 3.38. The zero-order valence-electron chi connectivity index (χ0n) is 10.3. The van der Waals surface area contributed by atoms with Crippen molar-refractivity contribution < 1.29 is 0 Å². The molecule has 1 N–H and O–H groups in total. The maximum atomic E-state index is 4.13. The van der Waals surface area contributed by atoms with E-state index in [1.54, 1.807) is 12.7 Å². The average Bonchev–Trinajstić information content (AvgIpc) is 2.70. The molecule has 0 spiro atoms. The molecule has 1 aromatic heterocycles. The Kier molecular flexibility index (Phi) is 3.93. The van der Waals surface area contributed by atoms with Crippen LogP contribution in [0.4, 0.5) is 0 Å². The Hall–Kier alpha value is -0.900. The minimum absolute atomic E-state index is 0.469. The van der Waals surface area contributed by atoms with Crippen LogP contribution in [0.1, 0.15) is 39.5 Å². The van der Waals surface area contributed by atoms with Crippen LogP contribution in [0.25, 0.3) is 0 Å². The summed E-state index contributed by atoms with van der Waals surface area (Å²) < 4.78 is 1.89. The summed E-state index contributed by atoms with van der Waals surface area (Å²) >= 11 is 0. The second-order valence-electron chi connectivity index (χ2n) is 5.15. The summed E-state index contributed by atoms with van der Waals surface area (Å²) in [6.07, 6.45) is 8.79. The Labute approximate surface area is 97.5 Å². The highest BCUT2D eigenvalue weighted by molar-refractivity contribution is 4.78. The van der Waals surface area contributed by atoms with Crippen LogP contribution in [-0.2, 0) is 6.54 Å². The molecule has 1 heterocycles. The molecular weight excluding hydrogens is 200 g/mol. The highest BCUT2D eigenvalue weighted by Crippen LogP contribution is 2.23. The molecule has 1 aromatic rings. The maximum Gasteiger partial charge on any atom is 0.137 e. The first kappa shape index (κ1) is 11.6. The van der Waals surface area contributed by atoms with Gasteiger partial charge in [0.05, 0.1) is 6.54 Å². The van der Waals surface area contributed by atoms with Gasteiger partial charge in [0.15, 0.2) is 0 Å². The third kappa shape index (κ3) is 3.30. The van der Waals surface area contributed by atoms with E-state index in [2.05, 4.69) is 29.2 Å². The lowest BCUT2D eigenvalue weighted by molar-refractivity contribution is 0.273. The fourth-order valence-electron chi connectivity index (χ4n) is 2.65. The summed E-state index contributed by atoms with van der Waals surface area (Å²) in [6, 6.07) is 1.17. The lowest BCUT2D eigenvalue weighted by atomic mass is 9.87. The zero-order chi connectivity index (χ0) is 11.4. The minimum atomic E-state index is 0.469. The summed E-state index contributed by atoms with van der Waals surface area (Å²) in [6.45, 7) is 5.49. The number of aromatic nitrogens is 3. The first-order valence-corrected chi connectivity index (χ1v) is 6.32. The van der Waals surface area contributed by atoms with Crippen molar-refractivity contribution in [3.63, 3.8) is 0 Å². The van der Waals surface area contributed by atoms with Gasteiger partial charge in [-0.25, -0.2) is 4.98 Å². The number of nitrogens with zero attached hydrogens (tertiary/aromatic N) is 3. The Morgan fingerprint density at radius 1 is 1.50 bits per heavy atom. The molecule has 3 atom stereocenters. The van der Waals surface area contributed by atoms with Crippen LogP contribution < -0.4 is 5.32 Å². The number of nitrogens with one attached hydrogen (secondary N) is 1. The Bertz CT molecular complexity index is 296. The lowest BCUT2D eigenvalue weighted by Crippen LogP contribution is -2.41. The van der Waals surface area contributed by atoms with Gasteiger partial charge in [0, 0.05) is 12.1 Å². The van der Waals surface area contributed by atoms with Crippen LogP contribution in [0.3, 0.4) is 0 Å². The first-order valence-electron chi connectivity index (χ1n) is 6.32. The second-order valence-corrected chi connectivity index (χ2v) is 5.15. The van der Waals surface area contributed by atoms with E-state index in [0.717, 1.165) is 12.5 Å². The second kappa shape index (κ2) is 5.43. The monoisotopic (exact) mass is 222 g/mol. The zero-order valence-corrected chi connectivity index (χ0v) is 10.3. The van der Waals surface area contributed by atoms with Crippen LogP contribution in [0.2, 0.25) is 0 Å². The first-order chi connectivity index (χ1) is 7.74. The van der Waals surface area contributed by atoms with E-state index in [9.17, 15) is 0 Å². The summed E-state index contributed by atoms with van der Waals surface area (Å²) in [5.74, 6) is 0.879. The Morgan fingerprint density at radius 3 is 3.06 bits per heavy atom. The molecule has 0 aliphatic heterocycles. The maximum absolute atomic E-state index is 4.13. The highest BCUT2D eigenvalue weighted by Gasteiger charge is 2.20. The normalized spacial score (nSPS) is 27.9. The van der Waals surface area contributed by atoms with Gasteiger partial charge >= 0.3 is 0 Å². The Balaban J connectivity index is 1.76. The molecule has 1 saturated carbocycles. The molecule has 3 unspecified atom stereocenters. The van der Waals surface area contributed by atoms with Gasteiger partial charge in [0.25, 0.3) is 0 Å². The topological polar surface area (TPSA) is 42.7 Å². The van der Waals surface area contributed by atoms with Gasteiger partial charge in [-0.3, -0.25) is 4.68 Å². The van der Waals surface area contributed by atoms with Crippen molar-refractivity contribution in [3.8, 4) is 0 Å². The molecule has 1 fully saturated rings. The molecule has 4 heteroatoms. The third-order valence-corrected chi connectivity index (χ3v) is 3.38. The quantitative estimate of drug-likeness (QED) is 0.845. The van der Waals surface area contributed by atoms with Crippen molar-refractivity contribution in [2.45, 2.75) is 58.2 Å². The predicted octanol–water partition coefficient (Wildman–Crippen LogP) is 1.83. The summed E-state index contributed by atoms with van der Waals surface area (Å²) in [5, 5.41) is 7.83. The van der Waals surface area contributed by atoms with E-state index < -0.39 is 0 Å². The molecular formula is C12H22N4. The average molecular weight is 222 g/mol. The van der Waals surface area contributed by atoms with E-state index in [1.807, 2.05) is 4.68 Å². The molecule has 2 rings (SSSR count). The minimum Gasteiger partial charge on any atom is -0.310 e. The van der Waals surface area contributed by atoms with Crippen LogP contribution in [-0.4, -0.2) is 26.8 Å². The van der Waals surface area contributed by atoms with Gasteiger partial charge in [0.2, 0.25) is 0 Å². The smallest absolute Gasteiger partial charge is 0.137 e. The van der Waals surface area contributed by atoms with Gasteiger partial charge in [-0.1, -0.05) is 19.8 Å². The fourth-order valence-corrected chi connectivity index (χ4v) is 2.65. The van der Waals surface area contributed by atoms with Gasteiger partial charge in [-0.15, -0.1) is 0 Å². The van der Waals surface area contributed by atoms with Crippen molar-refractivity contribution in [1.82, 2.24) is 20.1 Å². The van der Waals surface area contributed by atoms with Crippen LogP contribution >= 0.6 is 0 Å². The molecule has 1 aliphatic rings. The van der Waals surface area contributed by atoms with Gasteiger partial charge in [-0.05, 0) is 25.7 Å². The van der Waals surface area contributed by atoms with Crippen molar-refractivity contribution in [1.29, 1.82) is 0 Å². The molecule has 16 heavy (non-hydrogen) atoms. The molecule has 0 amide bonds. The molecule has 4 nitrogen and oxygen atoms in total. The van der Waals surface area contributed by atoms with Crippen LogP contribution in [0.5, 0.6) is 0 Å². The molecule has 0 radical (unpaired) electrons. The number of hydrogen-bond acceptors (Lipinski definition) is 3. The van der Waals surface area contributed by atoms with Gasteiger partial charge in [0.1, 0.15) is 12.7 Å². The van der Waals surface area contributed by atoms with E-state index in [4.69, 9.17) is 0 Å². The predicted molar refractivity (Wildman–Crippen MR) is 64.0 cm³/mol. The highest BCUT2D eigenvalue weighted by atomic mass is 15.3. The van der Waals surface area contributed by atoms with Gasteiger partial charge in [-0.2, -0.15) is 5.10 Å². The van der Waals surface area contributed by atoms with E-state index in [0.29, 0.717) is 12.1 Å². The van der Waals surface area contributed by atoms with E-state index in [1.165, 1.54) is 25.7 Å². The van der Waals surface area contributed by atoms with Gasteiger partial charge < -0.3 is 5.32 Å². The summed E-state index contributed by atoms with van der Waals surface area (Å²) in [4.78, 5) is 3.96. The van der Waals surface area contributed by atoms with Crippen molar-refractivity contribution in [2.24, 2.45) is 5.92 Å². The molecule has 0 saturated heterocycles. The molecule has 90 valence electrons. The van der Waals surface area contributed by atoms with E-state index >= 15 is 0 Å². The van der Waals surface area contributed by atoms with E-state index in [-0.39, 0.29) is 0 Å². The lowest BCUT2D eigenvalue weighted by Gasteiger charge is -2.30. The van der Waals surface area contributed by atoms with Crippen molar-refractivity contribution in [3.05, 3.63) is 12.7 Å². The Morgan fingerprint density at radius 2 is 2.38 bits per heavy atom. The van der Waals surface area contributed by atoms with Crippen LogP contribution in [0, 0.1) is 5.92 Å². The SMILES string of the molecule is CC1CCCC(NC(C)Cn2cncn2)C1. The molecule has 0 aromatic carbocycles. The fraction of sp³-hybridized carbons (Fsp3) is 0.833.